The minimum absolute atomic E-state index is 0.492. The third kappa shape index (κ3) is 3.43. The molecule has 0 aliphatic carbocycles. The molecule has 0 aliphatic rings. The van der Waals surface area contributed by atoms with Crippen molar-refractivity contribution in [2.75, 3.05) is 0 Å². The fraction of sp³-hybridized carbons (Fsp3) is 0.118. The van der Waals surface area contributed by atoms with E-state index in [4.69, 9.17) is 4.52 Å². The summed E-state index contributed by atoms with van der Waals surface area (Å²) in [5.41, 5.74) is 3.02. The van der Waals surface area contributed by atoms with E-state index in [0.717, 1.165) is 11.3 Å². The number of benzene rings is 2. The molecule has 124 valence electrons. The van der Waals surface area contributed by atoms with Crippen molar-refractivity contribution in [1.82, 2.24) is 30.3 Å². The maximum atomic E-state index is 5.32. The van der Waals surface area contributed by atoms with E-state index in [2.05, 4.69) is 25.7 Å². The first kappa shape index (κ1) is 15.5. The molecule has 2 aromatic heterocycles. The van der Waals surface area contributed by atoms with Gasteiger partial charge >= 0.3 is 0 Å². The summed E-state index contributed by atoms with van der Waals surface area (Å²) in [6.07, 6.45) is 0. The maximum absolute atomic E-state index is 5.32. The highest BCUT2D eigenvalue weighted by Gasteiger charge is 2.13. The summed E-state index contributed by atoms with van der Waals surface area (Å²) in [4.78, 5) is 4.42. The van der Waals surface area contributed by atoms with Gasteiger partial charge in [-0.25, -0.2) is 0 Å². The van der Waals surface area contributed by atoms with Crippen molar-refractivity contribution in [3.05, 3.63) is 66.1 Å². The fourth-order valence-electron chi connectivity index (χ4n) is 2.26. The van der Waals surface area contributed by atoms with Crippen LogP contribution < -0.4 is 0 Å². The predicted molar refractivity (Wildman–Crippen MR) is 93.2 cm³/mol. The van der Waals surface area contributed by atoms with E-state index in [0.29, 0.717) is 22.6 Å². The SMILES string of the molecule is Cc1ccc(-n2nnnc2SCc2nc(-c3ccccc3)no2)cc1. The molecule has 0 aliphatic heterocycles. The Morgan fingerprint density at radius 2 is 1.84 bits per heavy atom. The molecule has 0 spiro atoms. The molecular formula is C17H14N6OS. The second-order valence-electron chi connectivity index (χ2n) is 5.38. The van der Waals surface area contributed by atoms with E-state index in [1.54, 1.807) is 4.68 Å². The molecule has 0 fully saturated rings. The Bertz CT molecular complexity index is 964. The van der Waals surface area contributed by atoms with Gasteiger partial charge in [-0.2, -0.15) is 9.67 Å². The average Bonchev–Trinajstić information content (AvgIpc) is 3.31. The summed E-state index contributed by atoms with van der Waals surface area (Å²) in [6, 6.07) is 17.7. The number of rotatable bonds is 5. The predicted octanol–water partition coefficient (Wildman–Crippen LogP) is 3.31. The smallest absolute Gasteiger partial charge is 0.237 e. The molecule has 4 aromatic rings. The van der Waals surface area contributed by atoms with Gasteiger partial charge < -0.3 is 4.52 Å². The van der Waals surface area contributed by atoms with Crippen LogP contribution in [0.2, 0.25) is 0 Å². The van der Waals surface area contributed by atoms with Crippen LogP contribution in [0.25, 0.3) is 17.1 Å². The lowest BCUT2D eigenvalue weighted by atomic mass is 10.2. The number of hydrogen-bond donors (Lipinski definition) is 0. The van der Waals surface area contributed by atoms with E-state index in [1.165, 1.54) is 17.3 Å². The molecule has 0 saturated heterocycles. The molecule has 2 heterocycles. The summed E-state index contributed by atoms with van der Waals surface area (Å²) >= 11 is 1.44. The Kier molecular flexibility index (Phi) is 4.26. The molecule has 8 heteroatoms. The molecule has 25 heavy (non-hydrogen) atoms. The number of hydrogen-bond acceptors (Lipinski definition) is 7. The molecule has 0 radical (unpaired) electrons. The number of thioether (sulfide) groups is 1. The number of tetrazole rings is 1. The van der Waals surface area contributed by atoms with Crippen LogP contribution in [0.3, 0.4) is 0 Å². The van der Waals surface area contributed by atoms with Crippen molar-refractivity contribution in [3.63, 3.8) is 0 Å². The number of aromatic nitrogens is 6. The van der Waals surface area contributed by atoms with Crippen molar-refractivity contribution in [3.8, 4) is 17.1 Å². The Hall–Kier alpha value is -3.00. The standard InChI is InChI=1S/C17H14N6OS/c1-12-7-9-14(10-8-12)23-17(19-21-22-23)25-11-15-18-16(20-24-15)13-5-3-2-4-6-13/h2-10H,11H2,1H3. The average molecular weight is 350 g/mol. The van der Waals surface area contributed by atoms with Gasteiger partial charge in [-0.05, 0) is 29.5 Å². The summed E-state index contributed by atoms with van der Waals surface area (Å²) in [6.45, 7) is 2.04. The van der Waals surface area contributed by atoms with E-state index in [1.807, 2.05) is 61.5 Å². The fourth-order valence-corrected chi connectivity index (χ4v) is 2.99. The normalized spacial score (nSPS) is 10.9. The molecule has 0 saturated carbocycles. The van der Waals surface area contributed by atoms with Crippen LogP contribution in [0.15, 0.2) is 64.3 Å². The van der Waals surface area contributed by atoms with Crippen LogP contribution in [-0.2, 0) is 5.75 Å². The lowest BCUT2D eigenvalue weighted by molar-refractivity contribution is 0.391. The van der Waals surface area contributed by atoms with Gasteiger partial charge in [-0.15, -0.1) is 5.10 Å². The first-order valence-corrected chi connectivity index (χ1v) is 8.64. The topological polar surface area (TPSA) is 82.5 Å². The summed E-state index contributed by atoms with van der Waals surface area (Å²) in [5, 5.41) is 16.6. The molecule has 0 unspecified atom stereocenters. The third-order valence-electron chi connectivity index (χ3n) is 3.54. The zero-order valence-corrected chi connectivity index (χ0v) is 14.2. The Morgan fingerprint density at radius 1 is 1.04 bits per heavy atom. The zero-order chi connectivity index (χ0) is 17.1. The van der Waals surface area contributed by atoms with Gasteiger partial charge in [0.05, 0.1) is 11.4 Å². The zero-order valence-electron chi connectivity index (χ0n) is 13.4. The highest BCUT2D eigenvalue weighted by Crippen LogP contribution is 2.23. The highest BCUT2D eigenvalue weighted by molar-refractivity contribution is 7.98. The number of nitrogens with zero attached hydrogens (tertiary/aromatic N) is 6. The quantitative estimate of drug-likeness (QED) is 0.511. The van der Waals surface area contributed by atoms with Crippen LogP contribution >= 0.6 is 11.8 Å². The Morgan fingerprint density at radius 3 is 2.64 bits per heavy atom. The Balaban J connectivity index is 1.49. The largest absolute Gasteiger partial charge is 0.338 e. The minimum atomic E-state index is 0.492. The second kappa shape index (κ2) is 6.86. The first-order valence-electron chi connectivity index (χ1n) is 7.66. The van der Waals surface area contributed by atoms with Crippen molar-refractivity contribution in [2.45, 2.75) is 17.8 Å². The molecular weight excluding hydrogens is 336 g/mol. The van der Waals surface area contributed by atoms with Gasteiger partial charge in [-0.3, -0.25) is 0 Å². The van der Waals surface area contributed by atoms with Gasteiger partial charge in [0.1, 0.15) is 0 Å². The van der Waals surface area contributed by atoms with E-state index in [-0.39, 0.29) is 0 Å². The van der Waals surface area contributed by atoms with Crippen LogP contribution in [0.5, 0.6) is 0 Å². The minimum Gasteiger partial charge on any atom is -0.338 e. The molecule has 7 nitrogen and oxygen atoms in total. The molecule has 0 atom stereocenters. The van der Waals surface area contributed by atoms with Gasteiger partial charge in [0, 0.05) is 5.56 Å². The van der Waals surface area contributed by atoms with Gasteiger partial charge in [0.15, 0.2) is 0 Å². The summed E-state index contributed by atoms with van der Waals surface area (Å²) in [5.74, 6) is 1.60. The van der Waals surface area contributed by atoms with E-state index < -0.39 is 0 Å². The molecule has 0 bridgehead atoms. The summed E-state index contributed by atoms with van der Waals surface area (Å²) < 4.78 is 7.01. The Labute approximate surface area is 148 Å². The number of aryl methyl sites for hydroxylation is 1. The second-order valence-corrected chi connectivity index (χ2v) is 6.32. The molecule has 0 amide bonds. The lowest BCUT2D eigenvalue weighted by Gasteiger charge is -2.03. The van der Waals surface area contributed by atoms with Crippen molar-refractivity contribution >= 4 is 11.8 Å². The van der Waals surface area contributed by atoms with E-state index in [9.17, 15) is 0 Å². The van der Waals surface area contributed by atoms with Gasteiger partial charge in [-0.1, -0.05) is 64.9 Å². The maximum Gasteiger partial charge on any atom is 0.237 e. The molecule has 2 aromatic carbocycles. The van der Waals surface area contributed by atoms with Crippen LogP contribution in [-0.4, -0.2) is 30.3 Å². The van der Waals surface area contributed by atoms with Crippen LogP contribution in [0, 0.1) is 6.92 Å². The first-order chi connectivity index (χ1) is 12.3. The lowest BCUT2D eigenvalue weighted by Crippen LogP contribution is -1.99. The van der Waals surface area contributed by atoms with Crippen molar-refractivity contribution < 1.29 is 4.52 Å². The van der Waals surface area contributed by atoms with Crippen molar-refractivity contribution in [1.29, 1.82) is 0 Å². The summed E-state index contributed by atoms with van der Waals surface area (Å²) in [7, 11) is 0. The monoisotopic (exact) mass is 350 g/mol. The third-order valence-corrected chi connectivity index (χ3v) is 4.45. The molecule has 4 rings (SSSR count). The van der Waals surface area contributed by atoms with Gasteiger partial charge in [0.2, 0.25) is 16.9 Å². The van der Waals surface area contributed by atoms with Gasteiger partial charge in [0.25, 0.3) is 0 Å². The molecule has 0 N–H and O–H groups in total. The van der Waals surface area contributed by atoms with Crippen molar-refractivity contribution in [2.24, 2.45) is 0 Å². The highest BCUT2D eigenvalue weighted by atomic mass is 32.2. The van der Waals surface area contributed by atoms with E-state index >= 15 is 0 Å². The van der Waals surface area contributed by atoms with Crippen LogP contribution in [0.4, 0.5) is 0 Å². The van der Waals surface area contributed by atoms with Crippen LogP contribution in [0.1, 0.15) is 11.5 Å².